The van der Waals surface area contributed by atoms with Crippen molar-refractivity contribution in [3.63, 3.8) is 0 Å². The van der Waals surface area contributed by atoms with Gasteiger partial charge in [0.15, 0.2) is 0 Å². The smallest absolute Gasteiger partial charge is 0.416 e. The van der Waals surface area contributed by atoms with Crippen molar-refractivity contribution in [2.75, 3.05) is 23.9 Å². The third-order valence-corrected chi connectivity index (χ3v) is 8.19. The van der Waals surface area contributed by atoms with E-state index in [9.17, 15) is 32.3 Å². The fourth-order valence-corrected chi connectivity index (χ4v) is 5.60. The largest absolute Gasteiger partial charge is 0.466 e. The molecule has 0 bridgehead atoms. The van der Waals surface area contributed by atoms with Crippen molar-refractivity contribution in [3.05, 3.63) is 118 Å². The molecule has 49 heavy (non-hydrogen) atoms. The Morgan fingerprint density at radius 3 is 2.16 bits per heavy atom. The van der Waals surface area contributed by atoms with Crippen LogP contribution in [0.2, 0.25) is 0 Å². The molecular formula is C36H34F3N5O5. The molecule has 2 heterocycles. The number of rotatable bonds is 7. The first-order valence-electron chi connectivity index (χ1n) is 15.5. The van der Waals surface area contributed by atoms with Crippen LogP contribution >= 0.6 is 0 Å². The number of nitrogens with one attached hydrogen (secondary N) is 2. The van der Waals surface area contributed by atoms with Gasteiger partial charge in [0, 0.05) is 40.9 Å². The van der Waals surface area contributed by atoms with Gasteiger partial charge < -0.3 is 15.4 Å². The highest BCUT2D eigenvalue weighted by Gasteiger charge is 2.38. The number of carbonyl (C=O) groups is 4. The molecule has 6 rings (SSSR count). The van der Waals surface area contributed by atoms with Gasteiger partial charge in [-0.3, -0.25) is 19.3 Å². The first-order valence-corrected chi connectivity index (χ1v) is 15.5. The molecule has 0 saturated heterocycles. The summed E-state index contributed by atoms with van der Waals surface area (Å²) in [6.07, 6.45) is -3.12. The molecule has 1 atom stereocenters. The number of likely N-dealkylation sites (N-methyl/N-ethyl adjacent to an activating group) is 1. The Bertz CT molecular complexity index is 1910. The van der Waals surface area contributed by atoms with Crippen LogP contribution in [0.25, 0.3) is 5.69 Å². The van der Waals surface area contributed by atoms with Gasteiger partial charge >= 0.3 is 12.1 Å². The number of esters is 1. The summed E-state index contributed by atoms with van der Waals surface area (Å²) in [5.41, 5.74) is 2.99. The number of para-hydroxylation sites is 2. The molecule has 0 spiro atoms. The van der Waals surface area contributed by atoms with Gasteiger partial charge in [0.05, 0.1) is 24.1 Å². The Kier molecular flexibility index (Phi) is 10.3. The van der Waals surface area contributed by atoms with Crippen LogP contribution in [0, 0.1) is 6.92 Å². The van der Waals surface area contributed by atoms with Gasteiger partial charge in [0.1, 0.15) is 11.9 Å². The first-order chi connectivity index (χ1) is 23.4. The summed E-state index contributed by atoms with van der Waals surface area (Å²) < 4.78 is 45.3. The van der Waals surface area contributed by atoms with Gasteiger partial charge in [0.25, 0.3) is 17.7 Å². The van der Waals surface area contributed by atoms with E-state index in [2.05, 4.69) is 20.5 Å². The highest BCUT2D eigenvalue weighted by molar-refractivity contribution is 6.11. The van der Waals surface area contributed by atoms with Crippen molar-refractivity contribution in [3.8, 4) is 5.69 Å². The van der Waals surface area contributed by atoms with Gasteiger partial charge in [-0.2, -0.15) is 18.3 Å². The van der Waals surface area contributed by atoms with E-state index in [0.717, 1.165) is 29.1 Å². The zero-order valence-electron chi connectivity index (χ0n) is 27.0. The number of alkyl halides is 3. The van der Waals surface area contributed by atoms with Crippen molar-refractivity contribution in [1.29, 1.82) is 0 Å². The minimum absolute atomic E-state index is 0.154. The maximum atomic E-state index is 13.2. The molecule has 0 fully saturated rings. The quantitative estimate of drug-likeness (QED) is 0.240. The number of halogens is 3. The van der Waals surface area contributed by atoms with E-state index in [1.54, 1.807) is 21.7 Å². The molecule has 254 valence electrons. The number of methoxy groups -OCH3 is 1. The molecular weight excluding hydrogens is 639 g/mol. The summed E-state index contributed by atoms with van der Waals surface area (Å²) in [5.74, 6) is -1.05. The van der Waals surface area contributed by atoms with Crippen LogP contribution in [0.4, 0.5) is 24.7 Å². The average molecular weight is 674 g/mol. The molecule has 2 N–H and O–H groups in total. The summed E-state index contributed by atoms with van der Waals surface area (Å²) in [6.45, 7) is 3.99. The summed E-state index contributed by atoms with van der Waals surface area (Å²) in [6, 6.07) is 21.8. The Morgan fingerprint density at radius 1 is 0.918 bits per heavy atom. The number of anilines is 2. The van der Waals surface area contributed by atoms with Gasteiger partial charge in [-0.05, 0) is 69.2 Å². The number of benzene rings is 3. The molecule has 0 saturated carbocycles. The Hall–Kier alpha value is -5.72. The molecule has 1 unspecified atom stereocenters. The average Bonchev–Trinajstić information content (AvgIpc) is 3.40. The number of aromatic nitrogens is 2. The standard InChI is InChI=1S/C23H21F3N4O2.C13H13NO3/c1-3-29-21-18(14(2)28-30(21)17-10-5-4-6-11-17)13-19(22(29)32)27-20(31)15-8-7-9-16(12-15)23(24,25)26;1-17-13(16)11-8-7-10(11)12(15)14-9-5-3-2-4-6-9/h4-12,19H,3,13H2,1-2H3,(H,27,31);2-6H,7-8H2,1H3,(H,14,15). The molecule has 10 nitrogen and oxygen atoms in total. The fraction of sp³-hybridized carbons (Fsp3) is 0.250. The molecule has 4 aromatic rings. The number of aryl methyl sites for hydroxylation is 1. The monoisotopic (exact) mass is 673 g/mol. The Labute approximate surface area is 280 Å². The van der Waals surface area contributed by atoms with Crippen LogP contribution in [-0.4, -0.2) is 53.2 Å². The van der Waals surface area contributed by atoms with Crippen molar-refractivity contribution in [2.45, 2.75) is 45.3 Å². The van der Waals surface area contributed by atoms with Gasteiger partial charge in [-0.25, -0.2) is 9.48 Å². The first kappa shape index (κ1) is 34.6. The number of carbonyl (C=O) groups excluding carboxylic acids is 4. The van der Waals surface area contributed by atoms with Crippen molar-refractivity contribution < 1.29 is 37.1 Å². The summed E-state index contributed by atoms with van der Waals surface area (Å²) >= 11 is 0. The Balaban J connectivity index is 0.000000232. The lowest BCUT2D eigenvalue weighted by molar-refractivity contribution is -0.138. The molecule has 3 amide bonds. The predicted molar refractivity (Wildman–Crippen MR) is 176 cm³/mol. The number of nitrogens with zero attached hydrogens (tertiary/aromatic N) is 3. The van der Waals surface area contributed by atoms with Crippen molar-refractivity contribution in [2.24, 2.45) is 0 Å². The van der Waals surface area contributed by atoms with E-state index in [4.69, 9.17) is 0 Å². The molecule has 3 aromatic carbocycles. The second-order valence-corrected chi connectivity index (χ2v) is 11.3. The molecule has 1 aromatic heterocycles. The second kappa shape index (κ2) is 14.6. The predicted octanol–water partition coefficient (Wildman–Crippen LogP) is 5.80. The summed E-state index contributed by atoms with van der Waals surface area (Å²) in [5, 5.41) is 9.95. The lowest BCUT2D eigenvalue weighted by atomic mass is 9.88. The summed E-state index contributed by atoms with van der Waals surface area (Å²) in [4.78, 5) is 50.6. The summed E-state index contributed by atoms with van der Waals surface area (Å²) in [7, 11) is 1.32. The molecule has 1 aliphatic carbocycles. The minimum Gasteiger partial charge on any atom is -0.466 e. The van der Waals surface area contributed by atoms with Crippen LogP contribution in [0.5, 0.6) is 0 Å². The van der Waals surface area contributed by atoms with E-state index in [-0.39, 0.29) is 23.8 Å². The number of hydrogen-bond acceptors (Lipinski definition) is 6. The van der Waals surface area contributed by atoms with E-state index in [0.29, 0.717) is 42.0 Å². The zero-order valence-corrected chi connectivity index (χ0v) is 27.0. The van der Waals surface area contributed by atoms with Gasteiger partial charge in [-0.1, -0.05) is 42.5 Å². The third-order valence-electron chi connectivity index (χ3n) is 8.19. The molecule has 0 radical (unpaired) electrons. The van der Waals surface area contributed by atoms with Crippen LogP contribution in [-0.2, 0) is 31.7 Å². The minimum atomic E-state index is -4.56. The normalized spacial score (nSPS) is 15.3. The second-order valence-electron chi connectivity index (χ2n) is 11.3. The van der Waals surface area contributed by atoms with Crippen LogP contribution < -0.4 is 15.5 Å². The van der Waals surface area contributed by atoms with E-state index >= 15 is 0 Å². The van der Waals surface area contributed by atoms with Gasteiger partial charge in [0.2, 0.25) is 0 Å². The van der Waals surface area contributed by atoms with Crippen LogP contribution in [0.15, 0.2) is 96.1 Å². The number of hydrogen-bond donors (Lipinski definition) is 2. The van der Waals surface area contributed by atoms with Crippen molar-refractivity contribution in [1.82, 2.24) is 15.1 Å². The maximum Gasteiger partial charge on any atom is 0.416 e. The topological polar surface area (TPSA) is 123 Å². The fourth-order valence-electron chi connectivity index (χ4n) is 5.60. The number of ether oxygens (including phenoxy) is 1. The van der Waals surface area contributed by atoms with Crippen LogP contribution in [0.1, 0.15) is 46.9 Å². The molecule has 13 heteroatoms. The SMILES string of the molecule is CCN1C(=O)C(NC(=O)c2cccc(C(F)(F)F)c2)Cc2c(C)nn(-c3ccccc3)c21.COC(=O)C1=C(C(=O)Nc2ccccc2)CC1. The van der Waals surface area contributed by atoms with Gasteiger partial charge in [-0.15, -0.1) is 0 Å². The molecule has 2 aliphatic rings. The Morgan fingerprint density at radius 2 is 1.57 bits per heavy atom. The van der Waals surface area contributed by atoms with E-state index < -0.39 is 29.7 Å². The lowest BCUT2D eigenvalue weighted by Crippen LogP contribution is -2.53. The van der Waals surface area contributed by atoms with Crippen LogP contribution in [0.3, 0.4) is 0 Å². The third kappa shape index (κ3) is 7.56. The lowest BCUT2D eigenvalue weighted by Gasteiger charge is -2.32. The highest BCUT2D eigenvalue weighted by Crippen LogP contribution is 2.34. The van der Waals surface area contributed by atoms with E-state index in [1.165, 1.54) is 19.2 Å². The zero-order chi connectivity index (χ0) is 35.3. The number of amides is 3. The van der Waals surface area contributed by atoms with Crippen molar-refractivity contribution >= 4 is 35.2 Å². The maximum absolute atomic E-state index is 13.2. The molecule has 1 aliphatic heterocycles. The highest BCUT2D eigenvalue weighted by atomic mass is 19.4. The number of fused-ring (bicyclic) bond motifs is 1. The van der Waals surface area contributed by atoms with E-state index in [1.807, 2.05) is 62.4 Å².